The molecule has 1 heterocycles. The van der Waals surface area contributed by atoms with Crippen LogP contribution in [0.15, 0.2) is 24.3 Å². The summed E-state index contributed by atoms with van der Waals surface area (Å²) in [7, 11) is 0. The van der Waals surface area contributed by atoms with Crippen LogP contribution < -0.4 is 0 Å². The van der Waals surface area contributed by atoms with Crippen molar-refractivity contribution in [2.45, 2.75) is 46.1 Å². The second-order valence-corrected chi connectivity index (χ2v) is 6.34. The molecule has 1 atom stereocenters. The Bertz CT molecular complexity index is 371. The molecule has 19 heavy (non-hydrogen) atoms. The predicted octanol–water partition coefficient (Wildman–Crippen LogP) is 4.47. The van der Waals surface area contributed by atoms with Crippen LogP contribution in [-0.2, 0) is 6.54 Å². The quantitative estimate of drug-likeness (QED) is 0.731. The molecule has 2 heteroatoms. The van der Waals surface area contributed by atoms with E-state index in [0.717, 1.165) is 18.4 Å². The van der Waals surface area contributed by atoms with Crippen LogP contribution in [-0.4, -0.2) is 18.0 Å². The molecule has 106 valence electrons. The Kier molecular flexibility index (Phi) is 5.38. The Morgan fingerprint density at radius 2 is 2.00 bits per heavy atom. The predicted molar refractivity (Wildman–Crippen MR) is 78.5 cm³/mol. The lowest BCUT2D eigenvalue weighted by molar-refractivity contribution is 0.310. The SMILES string of the molecule is CC(C)CCCC1CCN(Cc2ccc(F)cc2)C1. The fraction of sp³-hybridized carbons (Fsp3) is 0.647. The van der Waals surface area contributed by atoms with Crippen LogP contribution in [0.5, 0.6) is 0 Å². The largest absolute Gasteiger partial charge is 0.299 e. The van der Waals surface area contributed by atoms with Gasteiger partial charge >= 0.3 is 0 Å². The van der Waals surface area contributed by atoms with E-state index in [4.69, 9.17) is 0 Å². The van der Waals surface area contributed by atoms with Gasteiger partial charge in [-0.2, -0.15) is 0 Å². The van der Waals surface area contributed by atoms with E-state index in [9.17, 15) is 4.39 Å². The maximum Gasteiger partial charge on any atom is 0.123 e. The third-order valence-electron chi connectivity index (χ3n) is 4.08. The highest BCUT2D eigenvalue weighted by atomic mass is 19.1. The van der Waals surface area contributed by atoms with Gasteiger partial charge in [0.2, 0.25) is 0 Å². The highest BCUT2D eigenvalue weighted by Crippen LogP contribution is 2.24. The highest BCUT2D eigenvalue weighted by molar-refractivity contribution is 5.16. The van der Waals surface area contributed by atoms with Crippen LogP contribution in [0, 0.1) is 17.7 Å². The third kappa shape index (κ3) is 4.94. The van der Waals surface area contributed by atoms with Crippen molar-refractivity contribution in [3.63, 3.8) is 0 Å². The monoisotopic (exact) mass is 263 g/mol. The molecule has 0 radical (unpaired) electrons. The summed E-state index contributed by atoms with van der Waals surface area (Å²) in [5.74, 6) is 1.56. The van der Waals surface area contributed by atoms with Gasteiger partial charge in [-0.15, -0.1) is 0 Å². The molecule has 0 bridgehead atoms. The lowest BCUT2D eigenvalue weighted by Gasteiger charge is -2.16. The average molecular weight is 263 g/mol. The number of halogens is 1. The van der Waals surface area contributed by atoms with Crippen LogP contribution in [0.3, 0.4) is 0 Å². The molecule has 2 rings (SSSR count). The van der Waals surface area contributed by atoms with Crippen molar-refractivity contribution in [1.29, 1.82) is 0 Å². The molecule has 1 nitrogen and oxygen atoms in total. The highest BCUT2D eigenvalue weighted by Gasteiger charge is 2.21. The van der Waals surface area contributed by atoms with E-state index in [1.165, 1.54) is 44.3 Å². The minimum absolute atomic E-state index is 0.142. The first-order chi connectivity index (χ1) is 9.13. The summed E-state index contributed by atoms with van der Waals surface area (Å²) in [5.41, 5.74) is 1.23. The van der Waals surface area contributed by atoms with Crippen molar-refractivity contribution in [3.05, 3.63) is 35.6 Å². The molecule has 1 fully saturated rings. The molecule has 1 saturated heterocycles. The van der Waals surface area contributed by atoms with Crippen LogP contribution in [0.25, 0.3) is 0 Å². The second-order valence-electron chi connectivity index (χ2n) is 6.34. The fourth-order valence-corrected chi connectivity index (χ4v) is 2.95. The van der Waals surface area contributed by atoms with Crippen molar-refractivity contribution >= 4 is 0 Å². The van der Waals surface area contributed by atoms with Gasteiger partial charge in [-0.3, -0.25) is 4.90 Å². The topological polar surface area (TPSA) is 3.24 Å². The van der Waals surface area contributed by atoms with Gasteiger partial charge in [-0.1, -0.05) is 38.8 Å². The minimum atomic E-state index is -0.142. The van der Waals surface area contributed by atoms with E-state index in [2.05, 4.69) is 18.7 Å². The van der Waals surface area contributed by atoms with Crippen LogP contribution in [0.2, 0.25) is 0 Å². The van der Waals surface area contributed by atoms with Crippen molar-refractivity contribution < 1.29 is 4.39 Å². The smallest absolute Gasteiger partial charge is 0.123 e. The van der Waals surface area contributed by atoms with Crippen LogP contribution >= 0.6 is 0 Å². The summed E-state index contributed by atoms with van der Waals surface area (Å²) < 4.78 is 12.9. The first-order valence-corrected chi connectivity index (χ1v) is 7.60. The van der Waals surface area contributed by atoms with E-state index in [-0.39, 0.29) is 5.82 Å². The number of hydrogen-bond acceptors (Lipinski definition) is 1. The zero-order valence-corrected chi connectivity index (χ0v) is 12.2. The maximum atomic E-state index is 12.9. The summed E-state index contributed by atoms with van der Waals surface area (Å²) in [4.78, 5) is 2.51. The molecular formula is C17H26FN. The van der Waals surface area contributed by atoms with E-state index in [1.54, 1.807) is 12.1 Å². The molecule has 1 aromatic carbocycles. The molecule has 1 aromatic rings. The summed E-state index contributed by atoms with van der Waals surface area (Å²) in [6, 6.07) is 6.93. The summed E-state index contributed by atoms with van der Waals surface area (Å²) in [6.07, 6.45) is 5.43. The molecule has 1 unspecified atom stereocenters. The molecule has 0 spiro atoms. The Morgan fingerprint density at radius 1 is 1.26 bits per heavy atom. The van der Waals surface area contributed by atoms with E-state index < -0.39 is 0 Å². The van der Waals surface area contributed by atoms with Gasteiger partial charge in [0.25, 0.3) is 0 Å². The maximum absolute atomic E-state index is 12.9. The second kappa shape index (κ2) is 7.04. The number of hydrogen-bond donors (Lipinski definition) is 0. The van der Waals surface area contributed by atoms with Crippen molar-refractivity contribution in [3.8, 4) is 0 Å². The number of likely N-dealkylation sites (tertiary alicyclic amines) is 1. The molecule has 0 amide bonds. The van der Waals surface area contributed by atoms with Crippen molar-refractivity contribution in [1.82, 2.24) is 4.90 Å². The minimum Gasteiger partial charge on any atom is -0.299 e. The number of rotatable bonds is 6. The van der Waals surface area contributed by atoms with Gasteiger partial charge in [0.05, 0.1) is 0 Å². The van der Waals surface area contributed by atoms with E-state index in [0.29, 0.717) is 0 Å². The molecule has 0 saturated carbocycles. The first-order valence-electron chi connectivity index (χ1n) is 7.60. The lowest BCUT2D eigenvalue weighted by atomic mass is 9.98. The third-order valence-corrected chi connectivity index (χ3v) is 4.08. The zero-order chi connectivity index (χ0) is 13.7. The van der Waals surface area contributed by atoms with Gasteiger partial charge in [-0.05, 0) is 48.9 Å². The van der Waals surface area contributed by atoms with Gasteiger partial charge in [0.15, 0.2) is 0 Å². The van der Waals surface area contributed by atoms with Crippen LogP contribution in [0.1, 0.15) is 45.1 Å². The van der Waals surface area contributed by atoms with Crippen molar-refractivity contribution in [2.24, 2.45) is 11.8 Å². The first kappa shape index (κ1) is 14.5. The summed E-state index contributed by atoms with van der Waals surface area (Å²) >= 11 is 0. The Hall–Kier alpha value is -0.890. The van der Waals surface area contributed by atoms with Gasteiger partial charge < -0.3 is 0 Å². The Morgan fingerprint density at radius 3 is 2.68 bits per heavy atom. The van der Waals surface area contributed by atoms with Crippen molar-refractivity contribution in [2.75, 3.05) is 13.1 Å². The molecule has 0 aliphatic carbocycles. The Labute approximate surface area is 116 Å². The molecule has 0 N–H and O–H groups in total. The molecule has 1 aliphatic heterocycles. The van der Waals surface area contributed by atoms with Gasteiger partial charge in [0, 0.05) is 13.1 Å². The normalized spacial score (nSPS) is 20.3. The number of benzene rings is 1. The standard InChI is InChI=1S/C17H26FN/c1-14(2)4-3-5-15-10-11-19(12-15)13-16-6-8-17(18)9-7-16/h6-9,14-15H,3-5,10-13H2,1-2H3. The Balaban J connectivity index is 1.71. The van der Waals surface area contributed by atoms with Crippen LogP contribution in [0.4, 0.5) is 4.39 Å². The average Bonchev–Trinajstić information content (AvgIpc) is 2.79. The number of nitrogens with zero attached hydrogens (tertiary/aromatic N) is 1. The van der Waals surface area contributed by atoms with E-state index >= 15 is 0 Å². The molecule has 1 aliphatic rings. The summed E-state index contributed by atoms with van der Waals surface area (Å²) in [6.45, 7) is 7.99. The van der Waals surface area contributed by atoms with Gasteiger partial charge in [-0.25, -0.2) is 4.39 Å². The molecular weight excluding hydrogens is 237 g/mol. The fourth-order valence-electron chi connectivity index (χ4n) is 2.95. The zero-order valence-electron chi connectivity index (χ0n) is 12.2. The summed E-state index contributed by atoms with van der Waals surface area (Å²) in [5, 5.41) is 0. The van der Waals surface area contributed by atoms with Gasteiger partial charge in [0.1, 0.15) is 5.82 Å². The molecule has 0 aromatic heterocycles. The van der Waals surface area contributed by atoms with E-state index in [1.807, 2.05) is 12.1 Å². The lowest BCUT2D eigenvalue weighted by Crippen LogP contribution is -2.20.